The minimum atomic E-state index is -2.69. The Morgan fingerprint density at radius 2 is 1.31 bits per heavy atom. The van der Waals surface area contributed by atoms with Crippen LogP contribution in [0.1, 0.15) is 113 Å². The number of hydrogen-bond donors (Lipinski definition) is 0. The third-order valence-corrected chi connectivity index (χ3v) is 12.9. The van der Waals surface area contributed by atoms with Gasteiger partial charge in [-0.3, -0.25) is 0 Å². The van der Waals surface area contributed by atoms with E-state index in [0.717, 1.165) is 57.6 Å². The summed E-state index contributed by atoms with van der Waals surface area (Å²) in [7, 11) is 0. The molecule has 5 aromatic carbocycles. The summed E-state index contributed by atoms with van der Waals surface area (Å²) >= 11 is 0. The van der Waals surface area contributed by atoms with E-state index in [-0.39, 0.29) is 54.5 Å². The minimum absolute atomic E-state index is 0. The third kappa shape index (κ3) is 9.82. The van der Waals surface area contributed by atoms with Gasteiger partial charge in [-0.2, -0.15) is 5.26 Å². The predicted octanol–water partition coefficient (Wildman–Crippen LogP) is 14.5. The second-order valence-corrected chi connectivity index (χ2v) is 18.6. The molecule has 0 N–H and O–H groups in total. The predicted molar refractivity (Wildman–Crippen MR) is 266 cm³/mol. The number of rotatable bonds is 13. The zero-order valence-corrected chi connectivity index (χ0v) is 40.4. The Labute approximate surface area is 418 Å². The van der Waals surface area contributed by atoms with Crippen LogP contribution in [0.4, 0.5) is 0 Å². The van der Waals surface area contributed by atoms with Crippen LogP contribution in [0.25, 0.3) is 55.7 Å². The van der Waals surface area contributed by atoms with Gasteiger partial charge in [0.15, 0.2) is 0 Å². The largest absolute Gasteiger partial charge is 3.00 e. The maximum atomic E-state index is 9.99. The monoisotopic (exact) mass is 1060 g/mol. The number of nitrogens with zero attached hydrogens (tertiary/aromatic N) is 4. The number of fused-ring (bicyclic) bond motifs is 3. The quantitative estimate of drug-likeness (QED) is 0.108. The van der Waals surface area contributed by atoms with E-state index < -0.39 is 29.5 Å². The molecule has 5 nitrogen and oxygen atoms in total. The summed E-state index contributed by atoms with van der Waals surface area (Å²) in [5, 5.41) is 10.8. The van der Waals surface area contributed by atoms with Crippen LogP contribution in [0.3, 0.4) is 0 Å². The second-order valence-electron chi connectivity index (χ2n) is 18.6. The van der Waals surface area contributed by atoms with Crippen molar-refractivity contribution in [2.24, 2.45) is 0 Å². The van der Waals surface area contributed by atoms with Crippen LogP contribution < -0.4 is 0 Å². The van der Waals surface area contributed by atoms with Gasteiger partial charge in [0.2, 0.25) is 0 Å². The molecular formula is C61H53IrN4O. The summed E-state index contributed by atoms with van der Waals surface area (Å²) < 4.78 is 73.1. The Morgan fingerprint density at radius 3 is 1.88 bits per heavy atom. The second kappa shape index (κ2) is 19.4. The molecule has 0 unspecified atom stereocenters. The van der Waals surface area contributed by atoms with Gasteiger partial charge in [0.05, 0.1) is 20.0 Å². The van der Waals surface area contributed by atoms with E-state index in [9.17, 15) is 12.1 Å². The molecule has 0 aliphatic heterocycles. The number of aryl methyl sites for hydroxylation is 2. The van der Waals surface area contributed by atoms with Crippen molar-refractivity contribution in [3.8, 4) is 39.8 Å². The Bertz CT molecular complexity index is 3450. The smallest absolute Gasteiger partial charge is 0.501 e. The fourth-order valence-electron chi connectivity index (χ4n) is 9.33. The summed E-state index contributed by atoms with van der Waals surface area (Å²) in [5.41, 5.74) is 7.81. The Morgan fingerprint density at radius 1 is 0.701 bits per heavy atom. The molecular weight excluding hydrogens is 997 g/mol. The van der Waals surface area contributed by atoms with Gasteiger partial charge in [0, 0.05) is 30.8 Å². The number of benzene rings is 5. The molecule has 9 aromatic rings. The van der Waals surface area contributed by atoms with Gasteiger partial charge < -0.3 is 19.4 Å². The van der Waals surface area contributed by atoms with Gasteiger partial charge in [-0.15, -0.1) is 90.0 Å². The van der Waals surface area contributed by atoms with Crippen LogP contribution in [-0.2, 0) is 56.5 Å². The molecule has 0 bridgehead atoms. The maximum absolute atomic E-state index is 9.99. The van der Waals surface area contributed by atoms with E-state index >= 15 is 0 Å². The third-order valence-electron chi connectivity index (χ3n) is 12.9. The summed E-state index contributed by atoms with van der Waals surface area (Å²) in [5.74, 6) is -1.24. The maximum Gasteiger partial charge on any atom is 3.00 e. The molecule has 1 fully saturated rings. The molecule has 10 rings (SSSR count). The van der Waals surface area contributed by atoms with E-state index in [2.05, 4.69) is 64.1 Å². The molecule has 0 amide bonds. The van der Waals surface area contributed by atoms with Crippen LogP contribution in [0.2, 0.25) is 0 Å². The normalized spacial score (nSPS) is 15.6. The van der Waals surface area contributed by atoms with Crippen molar-refractivity contribution in [3.63, 3.8) is 0 Å². The first-order chi connectivity index (χ1) is 34.8. The number of hydrogen-bond acceptors (Lipinski definition) is 5. The van der Waals surface area contributed by atoms with Crippen molar-refractivity contribution in [3.05, 3.63) is 209 Å². The molecule has 4 heterocycles. The fraction of sp³-hybridized carbons (Fsp3) is 0.246. The Kier molecular flexibility index (Phi) is 10.9. The van der Waals surface area contributed by atoms with Gasteiger partial charge in [-0.25, -0.2) is 0 Å². The van der Waals surface area contributed by atoms with Crippen LogP contribution in [0.5, 0.6) is 0 Å². The van der Waals surface area contributed by atoms with E-state index in [0.29, 0.717) is 58.9 Å². The molecule has 6 heteroatoms. The summed E-state index contributed by atoms with van der Waals surface area (Å²) in [4.78, 5) is 14.4. The zero-order chi connectivity index (χ0) is 51.5. The van der Waals surface area contributed by atoms with Gasteiger partial charge >= 0.3 is 20.1 Å². The first-order valence-corrected chi connectivity index (χ1v) is 22.6. The van der Waals surface area contributed by atoms with Crippen molar-refractivity contribution in [1.29, 1.82) is 5.26 Å². The summed E-state index contributed by atoms with van der Waals surface area (Å²) in [6.45, 7) is 8.56. The summed E-state index contributed by atoms with van der Waals surface area (Å²) in [6, 6.07) is 47.4. The summed E-state index contributed by atoms with van der Waals surface area (Å²) in [6.07, 6.45) is 3.25. The molecule has 0 atom stereocenters. The van der Waals surface area contributed by atoms with Crippen LogP contribution in [0, 0.1) is 29.5 Å². The van der Waals surface area contributed by atoms with Crippen molar-refractivity contribution in [1.82, 2.24) is 15.0 Å². The molecule has 1 saturated carbocycles. The number of aromatic nitrogens is 3. The van der Waals surface area contributed by atoms with Gasteiger partial charge in [-0.1, -0.05) is 106 Å². The van der Waals surface area contributed by atoms with Crippen molar-refractivity contribution >= 4 is 21.9 Å². The molecule has 1 aliphatic carbocycles. The van der Waals surface area contributed by atoms with E-state index in [1.54, 1.807) is 30.3 Å². The van der Waals surface area contributed by atoms with Crippen LogP contribution in [-0.4, -0.2) is 15.0 Å². The Hall–Kier alpha value is -6.51. The van der Waals surface area contributed by atoms with Crippen molar-refractivity contribution in [2.75, 3.05) is 0 Å². The molecule has 4 aromatic heterocycles. The van der Waals surface area contributed by atoms with E-state index in [1.807, 2.05) is 79.1 Å². The van der Waals surface area contributed by atoms with Crippen molar-refractivity contribution in [2.45, 2.75) is 95.7 Å². The average Bonchev–Trinajstić information content (AvgIpc) is 4.01. The van der Waals surface area contributed by atoms with Crippen molar-refractivity contribution < 1.29 is 34.1 Å². The minimum Gasteiger partial charge on any atom is -0.501 e. The standard InChI is InChI=1S/C61H53N4O.Ir/c1-60(2,49-25-28-55(64-39-49)46-16-7-5-8-17-46)35-43-30-41(31-44(32-43)36-61(3,4)50-26-29-56(65-40-50)47-18-9-6-10-19-47)22-24-48-38-63-57(34-54(48)45-14-11-12-15-45)53-21-13-20-52-51-27-23-42(37-62)33-58(51)66-59(52)53;/h5-10,13,16,18,20,23,25-34,38-40,45H,11-12,14-15,22,24,35-36H2,1-4H3;/q-3;+3/i22D2,23D,24D2,33D,45D;. The molecule has 0 spiro atoms. The first-order valence-electron chi connectivity index (χ1n) is 26.1. The van der Waals surface area contributed by atoms with Gasteiger partial charge in [0.25, 0.3) is 0 Å². The van der Waals surface area contributed by atoms with Gasteiger partial charge in [-0.05, 0) is 123 Å². The average molecular weight is 1060 g/mol. The molecule has 0 saturated heterocycles. The number of pyridine rings is 3. The first kappa shape index (κ1) is 37.6. The van der Waals surface area contributed by atoms with Crippen LogP contribution >= 0.6 is 0 Å². The topological polar surface area (TPSA) is 75.6 Å². The Balaban J connectivity index is 0.00000672. The molecule has 1 aliphatic rings. The SMILES string of the molecule is [2H]c1cc2c(oc3c(-c4cc(C5([2H])CCCC5)c(C([2H])([2H])C([2H])([2H])c5cc(CC(C)(C)c6ccc(-c7[c-]cccc7)nc6)cc(CC(C)(C)c6ccc(-c7[c-]cccc7)nc6)c5)cn4)[c-]ccc32)c([2H])c1C#N.[Ir+3]. The molecule has 332 valence electrons. The van der Waals surface area contributed by atoms with Crippen LogP contribution in [0.15, 0.2) is 150 Å². The molecule has 67 heavy (non-hydrogen) atoms. The number of furan rings is 1. The van der Waals surface area contributed by atoms with Gasteiger partial charge in [0.1, 0.15) is 5.58 Å². The van der Waals surface area contributed by atoms with E-state index in [1.165, 1.54) is 12.3 Å². The number of nitriles is 1. The molecule has 0 radical (unpaired) electrons. The zero-order valence-electron chi connectivity index (χ0n) is 45.0. The van der Waals surface area contributed by atoms with E-state index in [4.69, 9.17) is 22.1 Å². The fourth-order valence-corrected chi connectivity index (χ4v) is 9.33.